The van der Waals surface area contributed by atoms with E-state index in [1.54, 1.807) is 0 Å². The summed E-state index contributed by atoms with van der Waals surface area (Å²) in [7, 11) is 1.13. The highest BCUT2D eigenvalue weighted by Crippen LogP contribution is 2.38. The first kappa shape index (κ1) is 13.9. The molecule has 106 valence electrons. The fourth-order valence-corrected chi connectivity index (χ4v) is 1.94. The number of aromatic amines is 1. The lowest BCUT2D eigenvalue weighted by atomic mass is 10.1. The summed E-state index contributed by atoms with van der Waals surface area (Å²) >= 11 is 0. The van der Waals surface area contributed by atoms with E-state index in [0.717, 1.165) is 23.9 Å². The summed E-state index contributed by atoms with van der Waals surface area (Å²) < 4.78 is 24.7. The van der Waals surface area contributed by atoms with E-state index in [9.17, 15) is 19.1 Å². The average Bonchev–Trinajstić information content (AvgIpc) is 2.64. The average molecular weight is 276 g/mol. The van der Waals surface area contributed by atoms with Crippen LogP contribution >= 0.6 is 0 Å². The minimum absolute atomic E-state index is 0.643. The highest BCUT2D eigenvalue weighted by molar-refractivity contribution is 4.97. The van der Waals surface area contributed by atoms with Gasteiger partial charge in [-0.15, -0.1) is 0 Å². The Kier molecular flexibility index (Phi) is 3.54. The minimum Gasteiger partial charge on any atom is -0.391 e. The Bertz CT molecular complexity index is 566. The summed E-state index contributed by atoms with van der Waals surface area (Å²) in [6.45, 7) is -0.792. The van der Waals surface area contributed by atoms with Crippen LogP contribution in [-0.4, -0.2) is 51.5 Å². The van der Waals surface area contributed by atoms with Gasteiger partial charge >= 0.3 is 5.69 Å². The molecule has 8 nitrogen and oxygen atoms in total. The van der Waals surface area contributed by atoms with Crippen molar-refractivity contribution in [2.75, 3.05) is 13.7 Å². The summed E-state index contributed by atoms with van der Waals surface area (Å²) in [4.78, 5) is 24.4. The van der Waals surface area contributed by atoms with Crippen LogP contribution in [-0.2, 0) is 9.47 Å². The van der Waals surface area contributed by atoms with Crippen LogP contribution in [0.3, 0.4) is 0 Å². The van der Waals surface area contributed by atoms with Crippen molar-refractivity contribution in [3.63, 3.8) is 0 Å². The molecule has 9 heteroatoms. The van der Waals surface area contributed by atoms with Crippen molar-refractivity contribution in [1.29, 1.82) is 0 Å². The maximum Gasteiger partial charge on any atom is 0.330 e. The Labute approximate surface area is 106 Å². The van der Waals surface area contributed by atoms with Crippen molar-refractivity contribution in [1.82, 2.24) is 9.55 Å². The smallest absolute Gasteiger partial charge is 0.330 e. The van der Waals surface area contributed by atoms with Gasteiger partial charge in [0.15, 0.2) is 12.4 Å². The predicted octanol–water partition coefficient (Wildman–Crippen LogP) is -1.90. The van der Waals surface area contributed by atoms with E-state index in [1.165, 1.54) is 0 Å². The van der Waals surface area contributed by atoms with E-state index in [-0.39, 0.29) is 0 Å². The van der Waals surface area contributed by atoms with Gasteiger partial charge in [-0.3, -0.25) is 14.3 Å². The van der Waals surface area contributed by atoms with Crippen LogP contribution in [0.25, 0.3) is 0 Å². The van der Waals surface area contributed by atoms with Gasteiger partial charge in [-0.1, -0.05) is 0 Å². The van der Waals surface area contributed by atoms with Crippen molar-refractivity contribution >= 4 is 0 Å². The zero-order chi connectivity index (χ0) is 14.2. The third-order valence-electron chi connectivity index (χ3n) is 3.04. The largest absolute Gasteiger partial charge is 0.391 e. The van der Waals surface area contributed by atoms with Crippen molar-refractivity contribution in [2.24, 2.45) is 0 Å². The maximum absolute atomic E-state index is 14.0. The number of aromatic nitrogens is 2. The molecule has 0 aromatic carbocycles. The lowest BCUT2D eigenvalue weighted by Gasteiger charge is -2.27. The summed E-state index contributed by atoms with van der Waals surface area (Å²) in [6.07, 6.45) is -4.25. The maximum atomic E-state index is 14.0. The third-order valence-corrected chi connectivity index (χ3v) is 3.04. The molecule has 0 saturated carbocycles. The molecule has 4 atom stereocenters. The van der Waals surface area contributed by atoms with Gasteiger partial charge in [-0.05, 0) is 0 Å². The molecule has 1 fully saturated rings. The summed E-state index contributed by atoms with van der Waals surface area (Å²) in [5.41, 5.74) is -1.53. The lowest BCUT2D eigenvalue weighted by molar-refractivity contribution is -0.269. The van der Waals surface area contributed by atoms with Crippen molar-refractivity contribution in [3.8, 4) is 0 Å². The van der Waals surface area contributed by atoms with Gasteiger partial charge in [0.2, 0.25) is 5.79 Å². The first-order valence-electron chi connectivity index (χ1n) is 5.42. The van der Waals surface area contributed by atoms with Gasteiger partial charge in [-0.25, -0.2) is 9.18 Å². The second-order valence-electron chi connectivity index (χ2n) is 4.09. The Morgan fingerprint density at radius 2 is 2.32 bits per heavy atom. The number of aliphatic hydroxyl groups excluding tert-OH is 2. The van der Waals surface area contributed by atoms with E-state index in [0.29, 0.717) is 0 Å². The van der Waals surface area contributed by atoms with Gasteiger partial charge in [-0.2, -0.15) is 0 Å². The molecule has 3 N–H and O–H groups in total. The monoisotopic (exact) mass is 276 g/mol. The van der Waals surface area contributed by atoms with E-state index in [1.807, 2.05) is 4.98 Å². The molecule has 2 unspecified atom stereocenters. The molecule has 1 aromatic heterocycles. The molecule has 19 heavy (non-hydrogen) atoms. The molecule has 1 aliphatic heterocycles. The van der Waals surface area contributed by atoms with Crippen LogP contribution in [0.2, 0.25) is 0 Å². The number of hydrogen-bond donors (Lipinski definition) is 3. The number of nitrogens with zero attached hydrogens (tertiary/aromatic N) is 1. The fourth-order valence-electron chi connectivity index (χ4n) is 1.94. The van der Waals surface area contributed by atoms with Crippen LogP contribution in [0.5, 0.6) is 0 Å². The first-order valence-corrected chi connectivity index (χ1v) is 5.42. The predicted molar refractivity (Wildman–Crippen MR) is 59.2 cm³/mol. The Morgan fingerprint density at radius 1 is 1.63 bits per heavy atom. The van der Waals surface area contributed by atoms with Crippen molar-refractivity contribution < 1.29 is 24.1 Å². The summed E-state index contributed by atoms with van der Waals surface area (Å²) in [5, 5.41) is 18.9. The van der Waals surface area contributed by atoms with E-state index in [2.05, 4.69) is 0 Å². The molecule has 0 amide bonds. The van der Waals surface area contributed by atoms with Gasteiger partial charge in [0.1, 0.15) is 12.7 Å². The SMILES string of the molecule is CO[C@@]1(CO)O[C@H](n2ccc(=O)[nH]c2=O)C(F)C1O. The Balaban J connectivity index is 2.42. The molecule has 1 saturated heterocycles. The normalized spacial score (nSPS) is 34.6. The first-order chi connectivity index (χ1) is 8.95. The second kappa shape index (κ2) is 4.85. The highest BCUT2D eigenvalue weighted by Gasteiger charge is 2.56. The van der Waals surface area contributed by atoms with E-state index < -0.39 is 42.1 Å². The molecule has 0 bridgehead atoms. The molecule has 1 aromatic rings. The fraction of sp³-hybridized carbons (Fsp3) is 0.600. The second-order valence-corrected chi connectivity index (χ2v) is 4.09. The Morgan fingerprint density at radius 3 is 2.79 bits per heavy atom. The van der Waals surface area contributed by atoms with Crippen molar-refractivity contribution in [3.05, 3.63) is 33.1 Å². The summed E-state index contributed by atoms with van der Waals surface area (Å²) in [6, 6.07) is 1.01. The van der Waals surface area contributed by atoms with Crippen molar-refractivity contribution in [2.45, 2.75) is 24.3 Å². The zero-order valence-corrected chi connectivity index (χ0v) is 9.95. The van der Waals surface area contributed by atoms with Gasteiger partial charge < -0.3 is 19.7 Å². The standard InChI is InChI=1S/C10H13FN2O6/c1-18-10(4-14)7(16)6(11)8(19-10)13-3-2-5(15)12-9(13)17/h2-3,6-8,14,16H,4H2,1H3,(H,12,15,17)/t6?,7?,8-,10-/m0/s1. The number of aliphatic hydroxyl groups is 2. The lowest BCUT2D eigenvalue weighted by Crippen LogP contribution is -2.47. The van der Waals surface area contributed by atoms with Gasteiger partial charge in [0, 0.05) is 19.4 Å². The number of rotatable bonds is 3. The molecular weight excluding hydrogens is 263 g/mol. The minimum atomic E-state index is -2.00. The van der Waals surface area contributed by atoms with Crippen LogP contribution in [0.1, 0.15) is 6.23 Å². The van der Waals surface area contributed by atoms with E-state index in [4.69, 9.17) is 14.6 Å². The molecule has 0 radical (unpaired) electrons. The zero-order valence-electron chi connectivity index (χ0n) is 9.95. The number of hydrogen-bond acceptors (Lipinski definition) is 6. The number of methoxy groups -OCH3 is 1. The molecule has 1 aliphatic rings. The number of nitrogens with one attached hydrogen (secondary N) is 1. The molecule has 0 aliphatic carbocycles. The van der Waals surface area contributed by atoms with Gasteiger partial charge in [0.05, 0.1) is 0 Å². The molecule has 2 rings (SSSR count). The summed E-state index contributed by atoms with van der Waals surface area (Å²) in [5.74, 6) is -1.94. The van der Waals surface area contributed by atoms with Crippen LogP contribution in [0.15, 0.2) is 21.9 Å². The number of ether oxygens (including phenoxy) is 2. The quantitative estimate of drug-likeness (QED) is 0.594. The van der Waals surface area contributed by atoms with Crippen LogP contribution in [0.4, 0.5) is 4.39 Å². The Hall–Kier alpha value is -1.55. The molecule has 2 heterocycles. The van der Waals surface area contributed by atoms with Crippen LogP contribution in [0, 0.1) is 0 Å². The number of halogens is 1. The van der Waals surface area contributed by atoms with Gasteiger partial charge in [0.25, 0.3) is 5.56 Å². The molecule has 0 spiro atoms. The van der Waals surface area contributed by atoms with Crippen LogP contribution < -0.4 is 11.2 Å². The number of H-pyrrole nitrogens is 1. The third kappa shape index (κ3) is 2.10. The number of alkyl halides is 1. The molecular formula is C10H13FN2O6. The topological polar surface area (TPSA) is 114 Å². The highest BCUT2D eigenvalue weighted by atomic mass is 19.1. The van der Waals surface area contributed by atoms with E-state index >= 15 is 0 Å².